The summed E-state index contributed by atoms with van der Waals surface area (Å²) in [6.45, 7) is 2.41. The molecule has 1 aliphatic rings. The number of carboxylic acid groups (broad SMARTS) is 1. The molecule has 0 aliphatic carbocycles. The molecule has 5 heteroatoms. The van der Waals surface area contributed by atoms with Gasteiger partial charge in [0.15, 0.2) is 5.54 Å². The van der Waals surface area contributed by atoms with Crippen LogP contribution in [0.2, 0.25) is 0 Å². The minimum absolute atomic E-state index is 0.0219. The van der Waals surface area contributed by atoms with Crippen LogP contribution in [0.3, 0.4) is 0 Å². The van der Waals surface area contributed by atoms with E-state index in [1.54, 1.807) is 19.1 Å². The van der Waals surface area contributed by atoms with Gasteiger partial charge in [-0.05, 0) is 18.1 Å². The van der Waals surface area contributed by atoms with Crippen LogP contribution in [0, 0.1) is 0 Å². The minimum atomic E-state index is -1.41. The molecule has 1 aromatic rings. The van der Waals surface area contributed by atoms with Gasteiger partial charge in [0.1, 0.15) is 0 Å². The number of carbonyl (C=O) groups excluding carboxylic acids is 1. The summed E-state index contributed by atoms with van der Waals surface area (Å²) in [6.07, 6.45) is 0.569. The summed E-state index contributed by atoms with van der Waals surface area (Å²) in [5, 5.41) is 9.59. The third-order valence-corrected chi connectivity index (χ3v) is 3.34. The number of likely N-dealkylation sites (N-methyl/N-ethyl adjacent to an activating group) is 1. The first kappa shape index (κ1) is 12.6. The highest BCUT2D eigenvalue weighted by Crippen LogP contribution is 2.35. The topological polar surface area (TPSA) is 66.8 Å². The maximum absolute atomic E-state index is 11.7. The predicted octanol–water partition coefficient (Wildman–Crippen LogP) is 0.975. The standard InChI is InChI=1S/C13H15NO4/c1-2-14(9-15)13(12(16)17)8-18-7-10-5-3-4-6-11(10)13/h3-6,9H,2,7-8H2,1H3,(H,16,17). The van der Waals surface area contributed by atoms with E-state index in [1.807, 2.05) is 12.1 Å². The Balaban J connectivity index is 2.63. The lowest BCUT2D eigenvalue weighted by Gasteiger charge is -2.41. The third kappa shape index (κ3) is 1.67. The van der Waals surface area contributed by atoms with Crippen molar-refractivity contribution in [3.05, 3.63) is 35.4 Å². The normalized spacial score (nSPS) is 22.1. The first-order valence-electron chi connectivity index (χ1n) is 5.78. The molecule has 0 fully saturated rings. The number of aliphatic carboxylic acids is 1. The quantitative estimate of drug-likeness (QED) is 0.808. The first-order valence-corrected chi connectivity index (χ1v) is 5.78. The molecule has 2 rings (SSSR count). The molecule has 1 N–H and O–H groups in total. The van der Waals surface area contributed by atoms with E-state index in [-0.39, 0.29) is 6.61 Å². The van der Waals surface area contributed by atoms with E-state index in [4.69, 9.17) is 4.74 Å². The number of amides is 1. The second-order valence-electron chi connectivity index (χ2n) is 4.21. The van der Waals surface area contributed by atoms with E-state index < -0.39 is 11.5 Å². The molecule has 0 bridgehead atoms. The SMILES string of the molecule is CCN(C=O)C1(C(=O)O)COCc2ccccc21. The van der Waals surface area contributed by atoms with Crippen molar-refractivity contribution in [1.29, 1.82) is 0 Å². The first-order chi connectivity index (χ1) is 8.66. The molecule has 5 nitrogen and oxygen atoms in total. The van der Waals surface area contributed by atoms with Gasteiger partial charge in [0.25, 0.3) is 0 Å². The Kier molecular flexibility index (Phi) is 3.34. The summed E-state index contributed by atoms with van der Waals surface area (Å²) in [4.78, 5) is 24.2. The summed E-state index contributed by atoms with van der Waals surface area (Å²) < 4.78 is 5.38. The van der Waals surface area contributed by atoms with Crippen LogP contribution < -0.4 is 0 Å². The molecule has 0 saturated heterocycles. The number of carboxylic acids is 1. The van der Waals surface area contributed by atoms with Crippen LogP contribution in [0.15, 0.2) is 24.3 Å². The number of benzene rings is 1. The second kappa shape index (κ2) is 4.78. The van der Waals surface area contributed by atoms with Gasteiger partial charge in [0.2, 0.25) is 6.41 Å². The van der Waals surface area contributed by atoms with Crippen molar-refractivity contribution < 1.29 is 19.4 Å². The molecule has 1 atom stereocenters. The number of rotatable bonds is 4. The second-order valence-corrected chi connectivity index (χ2v) is 4.21. The van der Waals surface area contributed by atoms with Gasteiger partial charge >= 0.3 is 5.97 Å². The highest BCUT2D eigenvalue weighted by Gasteiger charge is 2.48. The van der Waals surface area contributed by atoms with Crippen LogP contribution in [0.25, 0.3) is 0 Å². The number of nitrogens with zero attached hydrogens (tertiary/aromatic N) is 1. The van der Waals surface area contributed by atoms with Gasteiger partial charge in [-0.25, -0.2) is 4.79 Å². The van der Waals surface area contributed by atoms with Crippen LogP contribution in [0.1, 0.15) is 18.1 Å². The van der Waals surface area contributed by atoms with Gasteiger partial charge in [0.05, 0.1) is 13.2 Å². The maximum atomic E-state index is 11.7. The lowest BCUT2D eigenvalue weighted by atomic mass is 9.84. The van der Waals surface area contributed by atoms with Crippen molar-refractivity contribution in [3.8, 4) is 0 Å². The Hall–Kier alpha value is -1.88. The third-order valence-electron chi connectivity index (χ3n) is 3.34. The lowest BCUT2D eigenvalue weighted by molar-refractivity contribution is -0.163. The molecule has 0 saturated carbocycles. The zero-order chi connectivity index (χ0) is 13.2. The van der Waals surface area contributed by atoms with Crippen molar-refractivity contribution in [3.63, 3.8) is 0 Å². The summed E-state index contributed by atoms with van der Waals surface area (Å²) in [7, 11) is 0. The number of hydrogen-bond donors (Lipinski definition) is 1. The highest BCUT2D eigenvalue weighted by molar-refractivity contribution is 5.84. The van der Waals surface area contributed by atoms with Crippen molar-refractivity contribution in [1.82, 2.24) is 4.90 Å². The minimum Gasteiger partial charge on any atom is -0.479 e. The highest BCUT2D eigenvalue weighted by atomic mass is 16.5. The molecule has 1 aromatic carbocycles. The van der Waals surface area contributed by atoms with Crippen molar-refractivity contribution in [2.75, 3.05) is 13.2 Å². The largest absolute Gasteiger partial charge is 0.479 e. The Morgan fingerprint density at radius 3 is 2.89 bits per heavy atom. The average Bonchev–Trinajstić information content (AvgIpc) is 2.40. The fraction of sp³-hybridized carbons (Fsp3) is 0.385. The maximum Gasteiger partial charge on any atom is 0.336 e. The molecule has 1 aliphatic heterocycles. The van der Waals surface area contributed by atoms with E-state index >= 15 is 0 Å². The molecule has 18 heavy (non-hydrogen) atoms. The summed E-state index contributed by atoms with van der Waals surface area (Å²) in [5.41, 5.74) is 0.0369. The molecule has 1 amide bonds. The van der Waals surface area contributed by atoms with E-state index in [1.165, 1.54) is 4.90 Å². The van der Waals surface area contributed by atoms with Crippen molar-refractivity contribution in [2.45, 2.75) is 19.1 Å². The van der Waals surface area contributed by atoms with E-state index in [9.17, 15) is 14.7 Å². The van der Waals surface area contributed by atoms with Gasteiger partial charge in [-0.15, -0.1) is 0 Å². The number of ether oxygens (including phenoxy) is 1. The molecular weight excluding hydrogens is 234 g/mol. The van der Waals surface area contributed by atoms with Crippen LogP contribution in [0.5, 0.6) is 0 Å². The van der Waals surface area contributed by atoms with Crippen LogP contribution in [-0.4, -0.2) is 35.5 Å². The van der Waals surface area contributed by atoms with E-state index in [2.05, 4.69) is 0 Å². The fourth-order valence-electron chi connectivity index (χ4n) is 2.41. The van der Waals surface area contributed by atoms with Crippen LogP contribution >= 0.6 is 0 Å². The van der Waals surface area contributed by atoms with Gasteiger partial charge in [-0.2, -0.15) is 0 Å². The summed E-state index contributed by atoms with van der Waals surface area (Å²) >= 11 is 0. The van der Waals surface area contributed by atoms with Crippen LogP contribution in [-0.2, 0) is 26.5 Å². The zero-order valence-corrected chi connectivity index (χ0v) is 10.1. The number of carbonyl (C=O) groups is 2. The Bertz CT molecular complexity index is 474. The smallest absolute Gasteiger partial charge is 0.336 e. The lowest BCUT2D eigenvalue weighted by Crippen LogP contribution is -2.56. The van der Waals surface area contributed by atoms with Gasteiger partial charge in [-0.3, -0.25) is 4.79 Å². The predicted molar refractivity (Wildman–Crippen MR) is 63.9 cm³/mol. The molecule has 0 spiro atoms. The fourth-order valence-corrected chi connectivity index (χ4v) is 2.41. The zero-order valence-electron chi connectivity index (χ0n) is 10.1. The van der Waals surface area contributed by atoms with Gasteiger partial charge in [-0.1, -0.05) is 24.3 Å². The molecule has 0 radical (unpaired) electrons. The summed E-state index contributed by atoms with van der Waals surface area (Å²) in [6, 6.07) is 7.18. The van der Waals surface area contributed by atoms with Crippen molar-refractivity contribution in [2.24, 2.45) is 0 Å². The monoisotopic (exact) mass is 249 g/mol. The average molecular weight is 249 g/mol. The number of fused-ring (bicyclic) bond motifs is 1. The van der Waals surface area contributed by atoms with Crippen molar-refractivity contribution >= 4 is 12.4 Å². The molecular formula is C13H15NO4. The van der Waals surface area contributed by atoms with E-state index in [0.29, 0.717) is 25.1 Å². The molecule has 1 heterocycles. The molecule has 96 valence electrons. The Morgan fingerprint density at radius 1 is 1.56 bits per heavy atom. The number of hydrogen-bond acceptors (Lipinski definition) is 3. The van der Waals surface area contributed by atoms with Gasteiger partial charge < -0.3 is 14.7 Å². The Morgan fingerprint density at radius 2 is 2.28 bits per heavy atom. The molecule has 1 unspecified atom stereocenters. The van der Waals surface area contributed by atoms with Crippen LogP contribution in [0.4, 0.5) is 0 Å². The Labute approximate surface area is 105 Å². The molecule has 0 aromatic heterocycles. The van der Waals surface area contributed by atoms with E-state index in [0.717, 1.165) is 5.56 Å². The van der Waals surface area contributed by atoms with Gasteiger partial charge in [0, 0.05) is 6.54 Å². The summed E-state index contributed by atoms with van der Waals surface area (Å²) in [5.74, 6) is -1.07.